The van der Waals surface area contributed by atoms with Gasteiger partial charge in [-0.2, -0.15) is 0 Å². The summed E-state index contributed by atoms with van der Waals surface area (Å²) < 4.78 is 2.08. The number of carbonyl (C=O) groups is 18. The second-order valence-electron chi connectivity index (χ2n) is 37.6. The molecule has 0 spiro atoms. The van der Waals surface area contributed by atoms with Crippen molar-refractivity contribution in [1.82, 2.24) is 92.2 Å². The van der Waals surface area contributed by atoms with Crippen molar-refractivity contribution in [3.63, 3.8) is 0 Å². The standard InChI is InChI=1S/C98H133ClN22O21S2/c1-11-13-25-74-90(135)108-65(37-52(3)4)87(132)114-72(85(130)104-46-80(102)125)50-143-51-81(126)106-68(39-55-30-32-58(122)33-31-55)93(138)116(8)54(7)84(129)110-70(43-79(101)124)95(140)120-36-20-28-75(120)91(136)113-71(45-105-98-115-83-62(99)23-19-29-78(83)144-98)89(134)111-67(38-53(5)6)96(141)121-48-59(123)42-77(121)92(137)109-66(40-56-44-103-63-24-17-15-21-60(56)63)88(133)107-64(34-35-100)86(131)112-69(94(139)118(10)76(26-14-12-2)97(142)117(74)9)41-57-47-119(49-82(127)128)73-27-18-16-22-61(57)73/h15-19,21-24,27,29-33,44,47,52-54,59,64-72,74-77,103,122-123H,11-14,20,25-26,28,34-43,45-46,48-51,100H2,1-10H3,(H2,101,124)(H2,102,125)(H,104,130)(H,105,115)(H,106,126)(H,107,133)(H,108,135)(H,109,137)(H,110,129)(H,111,134)(H,112,131)(H,113,136)(H,114,132)(H,127,128)/t54-,59+,64-,65-,66-,67-,68-,69-,70-,71-,72-,74-,75-,76-,77-/m0/s1. The van der Waals surface area contributed by atoms with Crippen molar-refractivity contribution in [2.75, 3.05) is 70.7 Å². The van der Waals surface area contributed by atoms with Crippen molar-refractivity contribution < 1.29 is 102 Å². The van der Waals surface area contributed by atoms with Crippen LogP contribution < -0.4 is 75.7 Å². The molecule has 7 aromatic rings. The first kappa shape index (κ1) is 112. The Balaban J connectivity index is 1.05. The molecule has 0 aliphatic carbocycles. The van der Waals surface area contributed by atoms with Crippen LogP contribution in [0.4, 0.5) is 5.13 Å². The number of thiazole rings is 1. The SMILES string of the molecule is CCCC[C@H]1C(=O)N(C)[C@@H](CCCC)C(=O)N[C@@H](CC(C)C)C(=O)N[C@H](C(=O)NCC(N)=O)CSCC(=O)N[C@@H](Cc2ccc(O)cc2)C(=O)N(C)[C@@H](C)C(=O)N[C@@H](CC(N)=O)C(=O)N2CCC[C@H]2C(=O)N[C@@H](CNc2nc3c(Cl)cccc3s2)C(=O)N[C@@H](CC(C)C)C(=O)N2C[C@H](O)C[C@H]2C(=O)N[C@@H](Cc2c[nH]c3ccccc23)C(=O)N[C@@H](CCN)C(=O)N[C@@H](Cc2cn(CC(=O)O)c3ccccc23)C(=O)N1C. The van der Waals surface area contributed by atoms with Crippen LogP contribution in [0, 0.1) is 11.8 Å². The summed E-state index contributed by atoms with van der Waals surface area (Å²) in [7, 11) is 3.92. The highest BCUT2D eigenvalue weighted by Gasteiger charge is 2.47. The number of likely N-dealkylation sites (N-methyl/N-ethyl adjacent to an activating group) is 3. The van der Waals surface area contributed by atoms with Gasteiger partial charge in [-0.25, -0.2) is 4.98 Å². The number of benzene rings is 4. The molecule has 3 aliphatic rings. The van der Waals surface area contributed by atoms with Crippen LogP contribution in [0.5, 0.6) is 5.75 Å². The average Bonchev–Trinajstić information content (AvgIpc) is 1.65. The van der Waals surface area contributed by atoms with Crippen molar-refractivity contribution >= 4 is 178 Å². The van der Waals surface area contributed by atoms with E-state index in [4.69, 9.17) is 28.8 Å². The molecule has 0 unspecified atom stereocenters. The third kappa shape index (κ3) is 30.3. The molecule has 4 aromatic carbocycles. The number of aliphatic carboxylic acids is 1. The van der Waals surface area contributed by atoms with E-state index in [1.165, 1.54) is 68.0 Å². The number of unbranched alkanes of at least 4 members (excludes halogenated alkanes) is 2. The first-order valence-electron chi connectivity index (χ1n) is 48.3. The summed E-state index contributed by atoms with van der Waals surface area (Å²) >= 11 is 8.50. The fraction of sp³-hybridized carbons (Fsp3) is 0.520. The molecule has 144 heavy (non-hydrogen) atoms. The van der Waals surface area contributed by atoms with Crippen molar-refractivity contribution in [2.45, 2.75) is 248 Å². The minimum Gasteiger partial charge on any atom is -0.508 e. The molecule has 780 valence electrons. The van der Waals surface area contributed by atoms with Gasteiger partial charge in [0.25, 0.3) is 0 Å². The minimum atomic E-state index is -1.80. The number of fused-ring (bicyclic) bond motifs is 5. The monoisotopic (exact) mass is 2050 g/mol. The van der Waals surface area contributed by atoms with Crippen LogP contribution in [0.25, 0.3) is 32.0 Å². The number of aromatic nitrogens is 3. The topological polar surface area (TPSA) is 628 Å². The predicted octanol–water partition coefficient (Wildman–Crippen LogP) is 1.18. The second-order valence-corrected chi connectivity index (χ2v) is 40.0. The Kier molecular flexibility index (Phi) is 41.1. The Morgan fingerprint density at radius 2 is 1.15 bits per heavy atom. The number of carboxylic acids is 1. The number of carbonyl (C=O) groups excluding carboxylic acids is 17. The van der Waals surface area contributed by atoms with Crippen molar-refractivity contribution in [1.29, 1.82) is 0 Å². The lowest BCUT2D eigenvalue weighted by Gasteiger charge is -2.36. The molecule has 0 saturated carbocycles. The maximum Gasteiger partial charge on any atom is 0.323 e. The number of amides is 17. The van der Waals surface area contributed by atoms with Gasteiger partial charge in [-0.05, 0) is 123 Å². The molecule has 3 aliphatic heterocycles. The van der Waals surface area contributed by atoms with E-state index in [9.17, 15) is 53.7 Å². The number of thioether (sulfide) groups is 1. The molecular weight excluding hydrogens is 1920 g/mol. The third-order valence-electron chi connectivity index (χ3n) is 25.7. The Bertz CT molecular complexity index is 5820. The normalized spacial score (nSPS) is 24.0. The number of hydrogen-bond acceptors (Lipinski definition) is 25. The first-order valence-corrected chi connectivity index (χ1v) is 50.7. The minimum absolute atomic E-state index is 0.00309. The molecule has 15 atom stereocenters. The van der Waals surface area contributed by atoms with Crippen molar-refractivity contribution in [3.05, 3.63) is 125 Å². The molecule has 10 rings (SSSR count). The zero-order chi connectivity index (χ0) is 105. The number of nitrogens with two attached hydrogens (primary N) is 3. The van der Waals surface area contributed by atoms with Crippen LogP contribution in [0.15, 0.2) is 103 Å². The highest BCUT2D eigenvalue weighted by Crippen LogP contribution is 2.33. The summed E-state index contributed by atoms with van der Waals surface area (Å²) in [6.45, 7) is 9.35. The lowest BCUT2D eigenvalue weighted by molar-refractivity contribution is -0.149. The number of carboxylic acid groups (broad SMARTS) is 1. The van der Waals surface area contributed by atoms with Gasteiger partial charge in [0.1, 0.15) is 102 Å². The highest BCUT2D eigenvalue weighted by molar-refractivity contribution is 8.00. The number of nitrogens with one attached hydrogen (secondary N) is 12. The van der Waals surface area contributed by atoms with E-state index in [0.29, 0.717) is 79.4 Å². The Morgan fingerprint density at radius 1 is 0.576 bits per heavy atom. The smallest absolute Gasteiger partial charge is 0.323 e. The number of H-pyrrole nitrogens is 1. The lowest BCUT2D eigenvalue weighted by Crippen LogP contribution is -2.61. The molecule has 3 aromatic heterocycles. The maximum atomic E-state index is 16.1. The number of phenols is 1. The zero-order valence-electron chi connectivity index (χ0n) is 82.3. The van der Waals surface area contributed by atoms with E-state index in [0.717, 1.165) is 42.7 Å². The van der Waals surface area contributed by atoms with Gasteiger partial charge in [0.15, 0.2) is 5.13 Å². The van der Waals surface area contributed by atoms with Crippen molar-refractivity contribution in [3.8, 4) is 5.75 Å². The van der Waals surface area contributed by atoms with E-state index in [1.807, 2.05) is 13.8 Å². The van der Waals surface area contributed by atoms with Crippen LogP contribution in [0.1, 0.15) is 149 Å². The summed E-state index contributed by atoms with van der Waals surface area (Å²) in [5, 5.41) is 63.8. The number of aromatic hydroxyl groups is 1. The fourth-order valence-corrected chi connectivity index (χ4v) is 20.0. The van der Waals surface area contributed by atoms with Gasteiger partial charge in [-0.3, -0.25) is 86.3 Å². The number of rotatable bonds is 28. The summed E-state index contributed by atoms with van der Waals surface area (Å²) in [5.74, 6) is -19.0. The van der Waals surface area contributed by atoms with Crippen molar-refractivity contribution in [2.24, 2.45) is 29.0 Å². The number of nitrogens with zero attached hydrogens (tertiary/aromatic N) is 7. The number of para-hydroxylation sites is 3. The van der Waals surface area contributed by atoms with E-state index in [1.54, 1.807) is 101 Å². The summed E-state index contributed by atoms with van der Waals surface area (Å²) in [6, 6.07) is 2.60. The molecule has 3 fully saturated rings. The summed E-state index contributed by atoms with van der Waals surface area (Å²) in [4.78, 5) is 279. The third-order valence-corrected chi connectivity index (χ3v) is 28.0. The van der Waals surface area contributed by atoms with E-state index in [2.05, 4.69) is 68.5 Å². The number of hydrogen-bond donors (Lipinski definition) is 18. The van der Waals surface area contributed by atoms with E-state index in [-0.39, 0.29) is 94.1 Å². The molecule has 21 N–H and O–H groups in total. The van der Waals surface area contributed by atoms with E-state index >= 15 is 47.9 Å². The van der Waals surface area contributed by atoms with Gasteiger partial charge in [-0.15, -0.1) is 11.8 Å². The first-order chi connectivity index (χ1) is 68.5. The van der Waals surface area contributed by atoms with Crippen LogP contribution in [0.3, 0.4) is 0 Å². The molecular formula is C98H133ClN22O21S2. The molecule has 17 amide bonds. The number of primary amides is 2. The van der Waals surface area contributed by atoms with Crippen LogP contribution in [-0.2, 0) is 112 Å². The molecule has 0 bridgehead atoms. The Hall–Kier alpha value is -13.5. The van der Waals surface area contributed by atoms with Gasteiger partial charge in [0.05, 0.1) is 34.5 Å². The molecule has 0 radical (unpaired) electrons. The number of aliphatic hydroxyl groups is 1. The quantitative estimate of drug-likeness (QED) is 0.0327. The van der Waals surface area contributed by atoms with E-state index < -0.39 is 254 Å². The largest absolute Gasteiger partial charge is 0.508 e. The fourth-order valence-electron chi connectivity index (χ4n) is 18.0. The molecule has 3 saturated heterocycles. The number of anilines is 1. The van der Waals surface area contributed by atoms with Gasteiger partial charge < -0.3 is 125 Å². The van der Waals surface area contributed by atoms with Gasteiger partial charge >= 0.3 is 5.97 Å². The number of phenolic OH excluding ortho intramolecular Hbond substituents is 1. The number of aliphatic hydroxyl groups excluding tert-OH is 1. The van der Waals surface area contributed by atoms with Crippen LogP contribution >= 0.6 is 34.7 Å². The Morgan fingerprint density at radius 3 is 1.82 bits per heavy atom. The number of aromatic amines is 1. The number of halogens is 1. The summed E-state index contributed by atoms with van der Waals surface area (Å²) in [5.41, 5.74) is 20.2. The molecule has 46 heteroatoms. The molecule has 6 heterocycles. The second kappa shape index (κ2) is 52.6. The van der Waals surface area contributed by atoms with Crippen LogP contribution in [0.2, 0.25) is 5.02 Å². The average molecular weight is 2050 g/mol. The Labute approximate surface area is 846 Å². The van der Waals surface area contributed by atoms with Gasteiger partial charge in [-0.1, -0.05) is 145 Å². The highest BCUT2D eigenvalue weighted by atomic mass is 35.5. The van der Waals surface area contributed by atoms with Crippen LogP contribution in [-0.4, -0.2) is 317 Å². The zero-order valence-corrected chi connectivity index (χ0v) is 84.7. The van der Waals surface area contributed by atoms with Gasteiger partial charge in [0, 0.05) is 106 Å². The lowest BCUT2D eigenvalue weighted by atomic mass is 9.99. The summed E-state index contributed by atoms with van der Waals surface area (Å²) in [6.07, 6.45) is 0.724. The predicted molar refractivity (Wildman–Crippen MR) is 539 cm³/mol. The maximum absolute atomic E-state index is 16.1. The van der Waals surface area contributed by atoms with Gasteiger partial charge in [0.2, 0.25) is 100 Å². The molecule has 43 nitrogen and oxygen atoms in total.